The van der Waals surface area contributed by atoms with Crippen molar-refractivity contribution in [2.24, 2.45) is 22.7 Å². The molecule has 152 valence electrons. The molecular formula is C22H37N3O2. The summed E-state index contributed by atoms with van der Waals surface area (Å²) in [5, 5.41) is 0. The zero-order valence-electron chi connectivity index (χ0n) is 17.7. The Bertz CT molecular complexity index is 595. The number of nitrogens with zero attached hydrogens (tertiary/aromatic N) is 3. The minimum atomic E-state index is 0.0357. The predicted molar refractivity (Wildman–Crippen MR) is 106 cm³/mol. The van der Waals surface area contributed by atoms with Crippen molar-refractivity contribution in [1.82, 2.24) is 14.7 Å². The Labute approximate surface area is 164 Å². The highest BCUT2D eigenvalue weighted by molar-refractivity contribution is 5.84. The maximum Gasteiger partial charge on any atom is 0.229 e. The monoisotopic (exact) mass is 375 g/mol. The lowest BCUT2D eigenvalue weighted by atomic mass is 9.64. The number of hydrogen-bond acceptors (Lipinski definition) is 3. The molecule has 5 nitrogen and oxygen atoms in total. The number of hydrogen-bond donors (Lipinski definition) is 0. The van der Waals surface area contributed by atoms with Gasteiger partial charge in [0.2, 0.25) is 11.8 Å². The first-order valence-corrected chi connectivity index (χ1v) is 10.9. The van der Waals surface area contributed by atoms with Gasteiger partial charge in [-0.1, -0.05) is 13.8 Å². The van der Waals surface area contributed by atoms with Crippen molar-refractivity contribution in [2.45, 2.75) is 65.8 Å². The Hall–Kier alpha value is -1.10. The van der Waals surface area contributed by atoms with Crippen LogP contribution in [0.5, 0.6) is 0 Å². The van der Waals surface area contributed by atoms with Crippen LogP contribution < -0.4 is 0 Å². The van der Waals surface area contributed by atoms with Gasteiger partial charge in [0, 0.05) is 39.1 Å². The second kappa shape index (κ2) is 6.75. The molecule has 4 rings (SSSR count). The van der Waals surface area contributed by atoms with Gasteiger partial charge in [-0.2, -0.15) is 0 Å². The summed E-state index contributed by atoms with van der Waals surface area (Å²) in [7, 11) is 0. The number of piperidine rings is 1. The van der Waals surface area contributed by atoms with Gasteiger partial charge in [-0.3, -0.25) is 9.59 Å². The van der Waals surface area contributed by atoms with Gasteiger partial charge in [0.1, 0.15) is 0 Å². The third-order valence-corrected chi connectivity index (χ3v) is 7.84. The maximum absolute atomic E-state index is 12.9. The van der Waals surface area contributed by atoms with E-state index < -0.39 is 0 Å². The van der Waals surface area contributed by atoms with E-state index in [0.29, 0.717) is 30.0 Å². The summed E-state index contributed by atoms with van der Waals surface area (Å²) in [4.78, 5) is 30.9. The molecule has 0 bridgehead atoms. The molecule has 3 heterocycles. The molecule has 1 unspecified atom stereocenters. The molecule has 0 N–H and O–H groups in total. The molecule has 0 aromatic heterocycles. The highest BCUT2D eigenvalue weighted by atomic mass is 16.2. The standard InChI is InChI=1S/C22H37N3O2/c1-16-9-22(15-25(16)20(27)19-13-24(14-19)17(2)26)5-7-23(8-6-22)12-18-10-21(3,4)11-18/h16,18-19H,5-15H2,1-4H3. The highest BCUT2D eigenvalue weighted by Crippen LogP contribution is 2.47. The van der Waals surface area contributed by atoms with E-state index >= 15 is 0 Å². The van der Waals surface area contributed by atoms with E-state index in [1.165, 1.54) is 45.3 Å². The van der Waals surface area contributed by atoms with Crippen molar-refractivity contribution >= 4 is 11.8 Å². The summed E-state index contributed by atoms with van der Waals surface area (Å²) < 4.78 is 0. The largest absolute Gasteiger partial charge is 0.341 e. The smallest absolute Gasteiger partial charge is 0.229 e. The van der Waals surface area contributed by atoms with Crippen molar-refractivity contribution in [1.29, 1.82) is 0 Å². The van der Waals surface area contributed by atoms with Crippen LogP contribution >= 0.6 is 0 Å². The first-order valence-electron chi connectivity index (χ1n) is 10.9. The molecule has 0 aromatic carbocycles. The van der Waals surface area contributed by atoms with Gasteiger partial charge in [0.15, 0.2) is 0 Å². The fourth-order valence-electron chi connectivity index (χ4n) is 6.31. The van der Waals surface area contributed by atoms with Gasteiger partial charge in [0.25, 0.3) is 0 Å². The lowest BCUT2D eigenvalue weighted by molar-refractivity contribution is -0.148. The molecular weight excluding hydrogens is 338 g/mol. The van der Waals surface area contributed by atoms with Crippen molar-refractivity contribution in [2.75, 3.05) is 39.3 Å². The Morgan fingerprint density at radius 1 is 1.04 bits per heavy atom. The lowest BCUT2D eigenvalue weighted by Crippen LogP contribution is -2.56. The molecule has 5 heteroatoms. The quantitative estimate of drug-likeness (QED) is 0.762. The highest BCUT2D eigenvalue weighted by Gasteiger charge is 2.48. The fraction of sp³-hybridized carbons (Fsp3) is 0.909. The van der Waals surface area contributed by atoms with Crippen LogP contribution in [0.1, 0.15) is 59.8 Å². The van der Waals surface area contributed by atoms with E-state index in [9.17, 15) is 9.59 Å². The van der Waals surface area contributed by atoms with E-state index in [2.05, 4.69) is 30.6 Å². The van der Waals surface area contributed by atoms with Gasteiger partial charge in [0.05, 0.1) is 5.92 Å². The molecule has 3 aliphatic heterocycles. The van der Waals surface area contributed by atoms with Crippen LogP contribution in [0.4, 0.5) is 0 Å². The first-order chi connectivity index (χ1) is 12.7. The molecule has 1 atom stereocenters. The van der Waals surface area contributed by atoms with Crippen molar-refractivity contribution < 1.29 is 9.59 Å². The molecule has 1 saturated carbocycles. The maximum atomic E-state index is 12.9. The molecule has 3 saturated heterocycles. The topological polar surface area (TPSA) is 43.9 Å². The van der Waals surface area contributed by atoms with Gasteiger partial charge < -0.3 is 14.7 Å². The van der Waals surface area contributed by atoms with Gasteiger partial charge >= 0.3 is 0 Å². The summed E-state index contributed by atoms with van der Waals surface area (Å²) in [6.45, 7) is 14.4. The molecule has 1 aliphatic carbocycles. The number of carbonyl (C=O) groups is 2. The second-order valence-corrected chi connectivity index (χ2v) is 10.9. The molecule has 27 heavy (non-hydrogen) atoms. The summed E-state index contributed by atoms with van der Waals surface area (Å²) in [5.41, 5.74) is 0.914. The minimum Gasteiger partial charge on any atom is -0.341 e. The normalized spacial score (nSPS) is 31.0. The first kappa shape index (κ1) is 19.2. The van der Waals surface area contributed by atoms with Crippen LogP contribution in [0.3, 0.4) is 0 Å². The SMILES string of the molecule is CC(=O)N1CC(C(=O)N2CC3(CCN(CC4CC(C)(C)C4)CC3)CC2C)C1. The molecule has 2 amide bonds. The number of rotatable bonds is 3. The van der Waals surface area contributed by atoms with Gasteiger partial charge in [-0.25, -0.2) is 0 Å². The average Bonchev–Trinajstić information content (AvgIpc) is 2.82. The zero-order chi connectivity index (χ0) is 19.4. The number of amides is 2. The predicted octanol–water partition coefficient (Wildman–Crippen LogP) is 2.60. The Balaban J connectivity index is 1.26. The molecule has 4 aliphatic rings. The summed E-state index contributed by atoms with van der Waals surface area (Å²) in [5.74, 6) is 1.31. The average molecular weight is 376 g/mol. The van der Waals surface area contributed by atoms with Crippen molar-refractivity contribution in [3.05, 3.63) is 0 Å². The number of likely N-dealkylation sites (tertiary alicyclic amines) is 3. The molecule has 0 aromatic rings. The summed E-state index contributed by atoms with van der Waals surface area (Å²) >= 11 is 0. The third-order valence-electron chi connectivity index (χ3n) is 7.84. The zero-order valence-corrected chi connectivity index (χ0v) is 17.7. The van der Waals surface area contributed by atoms with Crippen LogP contribution in [0.15, 0.2) is 0 Å². The Morgan fingerprint density at radius 2 is 1.67 bits per heavy atom. The van der Waals surface area contributed by atoms with Crippen molar-refractivity contribution in [3.63, 3.8) is 0 Å². The van der Waals surface area contributed by atoms with E-state index in [-0.39, 0.29) is 17.7 Å². The van der Waals surface area contributed by atoms with E-state index in [0.717, 1.165) is 18.9 Å². The van der Waals surface area contributed by atoms with Gasteiger partial charge in [-0.15, -0.1) is 0 Å². The molecule has 4 fully saturated rings. The van der Waals surface area contributed by atoms with Crippen LogP contribution in [0.2, 0.25) is 0 Å². The van der Waals surface area contributed by atoms with E-state index in [1.807, 2.05) is 0 Å². The Morgan fingerprint density at radius 3 is 2.22 bits per heavy atom. The summed E-state index contributed by atoms with van der Waals surface area (Å²) in [6.07, 6.45) is 6.40. The fourth-order valence-corrected chi connectivity index (χ4v) is 6.31. The third kappa shape index (κ3) is 3.76. The van der Waals surface area contributed by atoms with E-state index in [4.69, 9.17) is 0 Å². The van der Waals surface area contributed by atoms with Crippen LogP contribution in [0, 0.1) is 22.7 Å². The van der Waals surface area contributed by atoms with Crippen LogP contribution in [0.25, 0.3) is 0 Å². The number of carbonyl (C=O) groups excluding carboxylic acids is 2. The minimum absolute atomic E-state index is 0.0357. The summed E-state index contributed by atoms with van der Waals surface area (Å²) in [6, 6.07) is 0.350. The van der Waals surface area contributed by atoms with Crippen LogP contribution in [-0.2, 0) is 9.59 Å². The van der Waals surface area contributed by atoms with E-state index in [1.54, 1.807) is 11.8 Å². The second-order valence-electron chi connectivity index (χ2n) is 10.9. The molecule has 0 radical (unpaired) electrons. The van der Waals surface area contributed by atoms with Crippen molar-refractivity contribution in [3.8, 4) is 0 Å². The lowest BCUT2D eigenvalue weighted by Gasteiger charge is -2.47. The Kier molecular flexibility index (Phi) is 4.81. The van der Waals surface area contributed by atoms with Gasteiger partial charge in [-0.05, 0) is 68.9 Å². The molecule has 1 spiro atoms. The van der Waals surface area contributed by atoms with Crippen LogP contribution in [-0.4, -0.2) is 71.8 Å².